The number of hydrazine groups is 2. The van der Waals surface area contributed by atoms with Crippen molar-refractivity contribution in [2.24, 2.45) is 5.10 Å². The maximum atomic E-state index is 9.35. The van der Waals surface area contributed by atoms with E-state index in [9.17, 15) is 5.11 Å². The van der Waals surface area contributed by atoms with Crippen LogP contribution in [0.3, 0.4) is 0 Å². The van der Waals surface area contributed by atoms with Gasteiger partial charge in [-0.15, -0.1) is 17.5 Å². The van der Waals surface area contributed by atoms with Gasteiger partial charge in [-0.3, -0.25) is 5.43 Å². The molecule has 1 heterocycles. The van der Waals surface area contributed by atoms with Crippen molar-refractivity contribution in [2.45, 2.75) is 6.92 Å². The number of para-hydroxylation sites is 1. The quantitative estimate of drug-likeness (QED) is 0.893. The largest absolute Gasteiger partial charge is 0.508 e. The summed E-state index contributed by atoms with van der Waals surface area (Å²) in [5.41, 5.74) is 5.02. The number of phenolic OH excluding ortho intramolecular Hbond substituents is 1. The highest BCUT2D eigenvalue weighted by atomic mass is 35.5. The summed E-state index contributed by atoms with van der Waals surface area (Å²) in [4.78, 5) is 0. The van der Waals surface area contributed by atoms with Crippen molar-refractivity contribution in [1.82, 2.24) is 5.43 Å². The molecule has 6 heteroatoms. The second-order valence-electron chi connectivity index (χ2n) is 4.25. The second-order valence-corrected chi connectivity index (χ2v) is 4.25. The van der Waals surface area contributed by atoms with Gasteiger partial charge < -0.3 is 5.11 Å². The first-order valence-electron chi connectivity index (χ1n) is 6.00. The normalized spacial score (nSPS) is 13.6. The fourth-order valence-electron chi connectivity index (χ4n) is 1.91. The molecule has 0 amide bonds. The van der Waals surface area contributed by atoms with Crippen molar-refractivity contribution in [2.75, 3.05) is 10.2 Å². The van der Waals surface area contributed by atoms with Crippen molar-refractivity contribution >= 4 is 29.6 Å². The molecule has 2 aromatic carbocycles. The minimum absolute atomic E-state index is 0. The Morgan fingerprint density at radius 3 is 2.25 bits per heavy atom. The van der Waals surface area contributed by atoms with Crippen LogP contribution in [0.4, 0.5) is 11.4 Å². The molecule has 0 unspecified atom stereocenters. The monoisotopic (exact) mass is 290 g/mol. The fraction of sp³-hybridized carbons (Fsp3) is 0.0714. The predicted octanol–water partition coefficient (Wildman–Crippen LogP) is 2.89. The Labute approximate surface area is 123 Å². The first-order chi connectivity index (χ1) is 9.24. The van der Waals surface area contributed by atoms with E-state index in [4.69, 9.17) is 0 Å². The standard InChI is InChI=1S/C14H14N4O.ClH/c1-11-15-17(12-5-3-2-4-6-12)18(16-11)13-7-9-14(19)10-8-13;/h2-10,19H,1H3,(H,15,16);1H. The molecule has 0 saturated heterocycles. The Bertz CT molecular complexity index is 600. The second kappa shape index (κ2) is 5.71. The third-order valence-corrected chi connectivity index (χ3v) is 2.78. The average Bonchev–Trinajstić information content (AvgIpc) is 2.83. The molecule has 0 bridgehead atoms. The lowest BCUT2D eigenvalue weighted by atomic mass is 10.3. The number of hydrazone groups is 1. The highest BCUT2D eigenvalue weighted by molar-refractivity contribution is 5.86. The number of nitrogens with zero attached hydrogens (tertiary/aromatic N) is 3. The molecule has 0 fully saturated rings. The molecule has 0 saturated carbocycles. The topological polar surface area (TPSA) is 51.1 Å². The summed E-state index contributed by atoms with van der Waals surface area (Å²) in [6.45, 7) is 1.90. The maximum absolute atomic E-state index is 9.35. The van der Waals surface area contributed by atoms with E-state index in [2.05, 4.69) is 10.5 Å². The van der Waals surface area contributed by atoms with E-state index in [0.29, 0.717) is 0 Å². The Kier molecular flexibility index (Phi) is 4.00. The zero-order chi connectivity index (χ0) is 13.2. The highest BCUT2D eigenvalue weighted by Gasteiger charge is 2.22. The van der Waals surface area contributed by atoms with Gasteiger partial charge in [0.05, 0.1) is 11.4 Å². The van der Waals surface area contributed by atoms with Crippen LogP contribution in [0, 0.1) is 0 Å². The number of hydrogen-bond acceptors (Lipinski definition) is 5. The maximum Gasteiger partial charge on any atom is 0.142 e. The molecule has 2 N–H and O–H groups in total. The van der Waals surface area contributed by atoms with Gasteiger partial charge in [-0.1, -0.05) is 18.2 Å². The first-order valence-corrected chi connectivity index (χ1v) is 6.00. The summed E-state index contributed by atoms with van der Waals surface area (Å²) >= 11 is 0. The van der Waals surface area contributed by atoms with Gasteiger partial charge in [-0.25, -0.2) is 0 Å². The first kappa shape index (κ1) is 14.0. The third kappa shape index (κ3) is 2.62. The summed E-state index contributed by atoms with van der Waals surface area (Å²) in [5.74, 6) is 1.05. The molecule has 0 spiro atoms. The fourth-order valence-corrected chi connectivity index (χ4v) is 1.91. The number of nitrogens with one attached hydrogen (secondary N) is 1. The van der Waals surface area contributed by atoms with Crippen LogP contribution in [0.5, 0.6) is 5.75 Å². The van der Waals surface area contributed by atoms with Gasteiger partial charge in [0.1, 0.15) is 11.6 Å². The number of benzene rings is 2. The van der Waals surface area contributed by atoms with Gasteiger partial charge in [-0.2, -0.15) is 10.2 Å². The highest BCUT2D eigenvalue weighted by Crippen LogP contribution is 2.25. The number of phenols is 1. The summed E-state index contributed by atoms with van der Waals surface area (Å²) < 4.78 is 0. The Morgan fingerprint density at radius 1 is 0.950 bits per heavy atom. The van der Waals surface area contributed by atoms with Crippen molar-refractivity contribution < 1.29 is 5.11 Å². The van der Waals surface area contributed by atoms with Crippen LogP contribution in [0.15, 0.2) is 59.7 Å². The van der Waals surface area contributed by atoms with Gasteiger partial charge in [0.2, 0.25) is 0 Å². The number of anilines is 2. The Hall–Kier alpha value is -2.40. The molecule has 104 valence electrons. The molecule has 3 rings (SSSR count). The zero-order valence-corrected chi connectivity index (χ0v) is 11.7. The van der Waals surface area contributed by atoms with Gasteiger partial charge >= 0.3 is 0 Å². The van der Waals surface area contributed by atoms with Crippen LogP contribution in [-0.2, 0) is 0 Å². The van der Waals surface area contributed by atoms with Gasteiger partial charge in [0.15, 0.2) is 0 Å². The molecule has 1 aliphatic heterocycles. The molecular formula is C14H15ClN4O. The van der Waals surface area contributed by atoms with Crippen LogP contribution in [0.1, 0.15) is 6.92 Å². The molecule has 0 radical (unpaired) electrons. The average molecular weight is 291 g/mol. The molecule has 0 aliphatic carbocycles. The van der Waals surface area contributed by atoms with E-state index in [-0.39, 0.29) is 18.2 Å². The summed E-state index contributed by atoms with van der Waals surface area (Å²) in [6, 6.07) is 16.8. The van der Waals surface area contributed by atoms with Crippen LogP contribution in [-0.4, -0.2) is 10.9 Å². The lowest BCUT2D eigenvalue weighted by molar-refractivity contribution is 0.475. The smallest absolute Gasteiger partial charge is 0.142 e. The number of aromatic hydroxyl groups is 1. The van der Waals surface area contributed by atoms with E-state index < -0.39 is 0 Å². The summed E-state index contributed by atoms with van der Waals surface area (Å²) in [5, 5.41) is 17.4. The minimum atomic E-state index is 0. The van der Waals surface area contributed by atoms with Crippen LogP contribution in [0.2, 0.25) is 0 Å². The SMILES string of the molecule is CC1=NN(c2ccccc2)N(c2ccc(O)cc2)N1.Cl. The molecule has 1 aliphatic rings. The number of hydrogen-bond donors (Lipinski definition) is 2. The van der Waals surface area contributed by atoms with E-state index in [0.717, 1.165) is 17.2 Å². The third-order valence-electron chi connectivity index (χ3n) is 2.78. The van der Waals surface area contributed by atoms with Gasteiger partial charge in [-0.05, 0) is 43.3 Å². The van der Waals surface area contributed by atoms with E-state index in [1.807, 2.05) is 54.5 Å². The van der Waals surface area contributed by atoms with Crippen LogP contribution in [0.25, 0.3) is 0 Å². The zero-order valence-electron chi connectivity index (χ0n) is 10.9. The lowest BCUT2D eigenvalue weighted by Crippen LogP contribution is -2.44. The molecule has 5 nitrogen and oxygen atoms in total. The van der Waals surface area contributed by atoms with E-state index in [1.54, 1.807) is 17.3 Å². The van der Waals surface area contributed by atoms with Crippen LogP contribution >= 0.6 is 12.4 Å². The lowest BCUT2D eigenvalue weighted by Gasteiger charge is -2.27. The summed E-state index contributed by atoms with van der Waals surface area (Å²) in [6.07, 6.45) is 0. The summed E-state index contributed by atoms with van der Waals surface area (Å²) in [7, 11) is 0. The molecular weight excluding hydrogens is 276 g/mol. The van der Waals surface area contributed by atoms with Gasteiger partial charge in [0, 0.05) is 0 Å². The molecule has 0 atom stereocenters. The number of rotatable bonds is 2. The minimum Gasteiger partial charge on any atom is -0.508 e. The molecule has 0 aromatic heterocycles. The predicted molar refractivity (Wildman–Crippen MR) is 83.0 cm³/mol. The van der Waals surface area contributed by atoms with Crippen molar-refractivity contribution in [3.05, 3.63) is 54.6 Å². The Morgan fingerprint density at radius 2 is 1.60 bits per heavy atom. The number of halogens is 1. The van der Waals surface area contributed by atoms with Crippen molar-refractivity contribution in [3.8, 4) is 5.75 Å². The van der Waals surface area contributed by atoms with Crippen molar-refractivity contribution in [3.63, 3.8) is 0 Å². The molecule has 20 heavy (non-hydrogen) atoms. The van der Waals surface area contributed by atoms with E-state index >= 15 is 0 Å². The number of amidine groups is 1. The Balaban J connectivity index is 0.00000147. The van der Waals surface area contributed by atoms with Crippen LogP contribution < -0.4 is 15.7 Å². The van der Waals surface area contributed by atoms with E-state index in [1.165, 1.54) is 0 Å². The molecule has 2 aromatic rings. The van der Waals surface area contributed by atoms with Gasteiger partial charge in [0.25, 0.3) is 0 Å². The van der Waals surface area contributed by atoms with Crippen molar-refractivity contribution in [1.29, 1.82) is 0 Å².